The third kappa shape index (κ3) is 2.68. The molecule has 0 saturated heterocycles. The topological polar surface area (TPSA) is 47.3 Å². The quantitative estimate of drug-likeness (QED) is 0.823. The van der Waals surface area contributed by atoms with Gasteiger partial charge in [0.05, 0.1) is 12.8 Å². The van der Waals surface area contributed by atoms with Crippen molar-refractivity contribution in [1.82, 2.24) is 0 Å². The monoisotopic (exact) mass is 262 g/mol. The van der Waals surface area contributed by atoms with Crippen molar-refractivity contribution in [3.05, 3.63) is 47.0 Å². The van der Waals surface area contributed by atoms with Crippen LogP contribution in [-0.4, -0.2) is 7.11 Å². The lowest BCUT2D eigenvalue weighted by Gasteiger charge is -2.12. The van der Waals surface area contributed by atoms with Crippen molar-refractivity contribution in [2.24, 2.45) is 0 Å². The molecule has 94 valence electrons. The second-order valence-electron chi connectivity index (χ2n) is 4.04. The first kappa shape index (κ1) is 12.6. The number of halogens is 1. The van der Waals surface area contributed by atoms with Gasteiger partial charge in [-0.15, -0.1) is 0 Å². The van der Waals surface area contributed by atoms with E-state index in [2.05, 4.69) is 5.32 Å². The van der Waals surface area contributed by atoms with E-state index in [1.807, 2.05) is 37.3 Å². The fraction of sp³-hybridized carbons (Fsp3) is 0.143. The van der Waals surface area contributed by atoms with Gasteiger partial charge in [0.1, 0.15) is 5.75 Å². The largest absolute Gasteiger partial charge is 0.495 e. The van der Waals surface area contributed by atoms with Gasteiger partial charge < -0.3 is 15.8 Å². The number of hydrogen-bond donors (Lipinski definition) is 2. The minimum Gasteiger partial charge on any atom is -0.495 e. The van der Waals surface area contributed by atoms with Gasteiger partial charge in [-0.3, -0.25) is 0 Å². The number of methoxy groups -OCH3 is 1. The van der Waals surface area contributed by atoms with Gasteiger partial charge in [-0.05, 0) is 42.8 Å². The number of nitrogens with two attached hydrogens (primary N) is 1. The standard InChI is InChI=1S/C14H15ClN2O/c1-9-3-5-11(8-12(9)16)17-13-7-10(15)4-6-14(13)18-2/h3-8,17H,16H2,1-2H3. The first-order valence-electron chi connectivity index (χ1n) is 5.57. The van der Waals surface area contributed by atoms with Crippen LogP contribution in [0.25, 0.3) is 0 Å². The molecule has 3 N–H and O–H groups in total. The van der Waals surface area contributed by atoms with Gasteiger partial charge >= 0.3 is 0 Å². The number of ether oxygens (including phenoxy) is 1. The molecule has 3 nitrogen and oxygen atoms in total. The summed E-state index contributed by atoms with van der Waals surface area (Å²) in [7, 11) is 1.62. The first-order chi connectivity index (χ1) is 8.60. The maximum Gasteiger partial charge on any atom is 0.142 e. The number of benzene rings is 2. The van der Waals surface area contributed by atoms with Gasteiger partial charge in [-0.1, -0.05) is 17.7 Å². The summed E-state index contributed by atoms with van der Waals surface area (Å²) in [6, 6.07) is 11.2. The van der Waals surface area contributed by atoms with Crippen molar-refractivity contribution in [1.29, 1.82) is 0 Å². The third-order valence-electron chi connectivity index (χ3n) is 2.72. The summed E-state index contributed by atoms with van der Waals surface area (Å²) in [5, 5.41) is 3.89. The second kappa shape index (κ2) is 5.19. The zero-order chi connectivity index (χ0) is 13.1. The molecule has 0 aliphatic rings. The van der Waals surface area contributed by atoms with E-state index < -0.39 is 0 Å². The zero-order valence-corrected chi connectivity index (χ0v) is 11.1. The predicted molar refractivity (Wildman–Crippen MR) is 76.9 cm³/mol. The number of anilines is 3. The molecule has 4 heteroatoms. The Morgan fingerprint density at radius 1 is 1.17 bits per heavy atom. The van der Waals surface area contributed by atoms with Crippen LogP contribution in [0.5, 0.6) is 5.75 Å². The molecule has 0 aliphatic heterocycles. The lowest BCUT2D eigenvalue weighted by Crippen LogP contribution is -1.96. The number of nitrogen functional groups attached to an aromatic ring is 1. The zero-order valence-electron chi connectivity index (χ0n) is 10.3. The van der Waals surface area contributed by atoms with Gasteiger partial charge in [-0.2, -0.15) is 0 Å². The summed E-state index contributed by atoms with van der Waals surface area (Å²) in [4.78, 5) is 0. The fourth-order valence-corrected chi connectivity index (χ4v) is 1.82. The number of nitrogens with one attached hydrogen (secondary N) is 1. The van der Waals surface area contributed by atoms with E-state index in [-0.39, 0.29) is 0 Å². The van der Waals surface area contributed by atoms with Crippen molar-refractivity contribution in [2.75, 3.05) is 18.2 Å². The van der Waals surface area contributed by atoms with Crippen LogP contribution in [0.3, 0.4) is 0 Å². The molecular weight excluding hydrogens is 248 g/mol. The molecule has 0 fully saturated rings. The summed E-state index contributed by atoms with van der Waals surface area (Å²) in [6.07, 6.45) is 0. The Bertz CT molecular complexity index is 570. The predicted octanol–water partition coefficient (Wildman–Crippen LogP) is 3.98. The molecule has 0 unspecified atom stereocenters. The second-order valence-corrected chi connectivity index (χ2v) is 4.48. The highest BCUT2D eigenvalue weighted by Gasteiger charge is 2.05. The molecule has 0 radical (unpaired) electrons. The van der Waals surface area contributed by atoms with Crippen LogP contribution in [0.2, 0.25) is 5.02 Å². The molecule has 0 spiro atoms. The lowest BCUT2D eigenvalue weighted by molar-refractivity contribution is 0.417. The Morgan fingerprint density at radius 2 is 1.94 bits per heavy atom. The molecule has 2 aromatic carbocycles. The minimum absolute atomic E-state index is 0.651. The van der Waals surface area contributed by atoms with E-state index in [0.717, 1.165) is 28.4 Å². The first-order valence-corrected chi connectivity index (χ1v) is 5.94. The van der Waals surface area contributed by atoms with E-state index in [1.54, 1.807) is 13.2 Å². The van der Waals surface area contributed by atoms with Gasteiger partial charge in [0.2, 0.25) is 0 Å². The van der Waals surface area contributed by atoms with Crippen molar-refractivity contribution in [3.63, 3.8) is 0 Å². The average Bonchev–Trinajstić information content (AvgIpc) is 2.34. The Hall–Kier alpha value is -1.87. The van der Waals surface area contributed by atoms with Crippen molar-refractivity contribution >= 4 is 28.7 Å². The van der Waals surface area contributed by atoms with Gasteiger partial charge in [0.15, 0.2) is 0 Å². The Labute approximate surface area is 112 Å². The molecule has 0 heterocycles. The molecule has 0 bridgehead atoms. The van der Waals surface area contributed by atoms with Gasteiger partial charge in [0.25, 0.3) is 0 Å². The molecule has 2 aromatic rings. The van der Waals surface area contributed by atoms with Crippen molar-refractivity contribution in [2.45, 2.75) is 6.92 Å². The van der Waals surface area contributed by atoms with E-state index in [1.165, 1.54) is 0 Å². The van der Waals surface area contributed by atoms with Crippen molar-refractivity contribution < 1.29 is 4.74 Å². The normalized spacial score (nSPS) is 10.2. The van der Waals surface area contributed by atoms with Crippen LogP contribution < -0.4 is 15.8 Å². The smallest absolute Gasteiger partial charge is 0.142 e. The van der Waals surface area contributed by atoms with Gasteiger partial charge in [0, 0.05) is 16.4 Å². The molecule has 0 aliphatic carbocycles. The van der Waals surface area contributed by atoms with E-state index in [9.17, 15) is 0 Å². The minimum atomic E-state index is 0.651. The Morgan fingerprint density at radius 3 is 2.61 bits per heavy atom. The molecular formula is C14H15ClN2O. The summed E-state index contributed by atoms with van der Waals surface area (Å²) in [6.45, 7) is 1.97. The van der Waals surface area contributed by atoms with E-state index in [4.69, 9.17) is 22.1 Å². The maximum atomic E-state index is 5.98. The summed E-state index contributed by atoms with van der Waals surface area (Å²) in [5.41, 5.74) is 9.40. The number of aryl methyl sites for hydroxylation is 1. The Kier molecular flexibility index (Phi) is 3.63. The third-order valence-corrected chi connectivity index (χ3v) is 2.95. The van der Waals surface area contributed by atoms with E-state index in [0.29, 0.717) is 5.02 Å². The molecule has 2 rings (SSSR count). The molecule has 0 amide bonds. The Balaban J connectivity index is 2.33. The highest BCUT2D eigenvalue weighted by molar-refractivity contribution is 6.31. The molecule has 0 atom stereocenters. The van der Waals surface area contributed by atoms with Gasteiger partial charge in [-0.25, -0.2) is 0 Å². The molecule has 0 saturated carbocycles. The maximum absolute atomic E-state index is 5.98. The van der Waals surface area contributed by atoms with Crippen LogP contribution in [0.1, 0.15) is 5.56 Å². The van der Waals surface area contributed by atoms with Crippen molar-refractivity contribution in [3.8, 4) is 5.75 Å². The molecule has 18 heavy (non-hydrogen) atoms. The van der Waals surface area contributed by atoms with Crippen LogP contribution >= 0.6 is 11.6 Å². The fourth-order valence-electron chi connectivity index (χ4n) is 1.65. The van der Waals surface area contributed by atoms with E-state index >= 15 is 0 Å². The number of rotatable bonds is 3. The van der Waals surface area contributed by atoms with Crippen LogP contribution in [0.15, 0.2) is 36.4 Å². The summed E-state index contributed by atoms with van der Waals surface area (Å²) < 4.78 is 5.27. The summed E-state index contributed by atoms with van der Waals surface area (Å²) in [5.74, 6) is 0.735. The number of hydrogen-bond acceptors (Lipinski definition) is 3. The van der Waals surface area contributed by atoms with Crippen LogP contribution in [-0.2, 0) is 0 Å². The highest BCUT2D eigenvalue weighted by atomic mass is 35.5. The van der Waals surface area contributed by atoms with Crippen LogP contribution in [0, 0.1) is 6.92 Å². The molecule has 0 aromatic heterocycles. The van der Waals surface area contributed by atoms with Crippen LogP contribution in [0.4, 0.5) is 17.1 Å². The lowest BCUT2D eigenvalue weighted by atomic mass is 10.2. The SMILES string of the molecule is COc1ccc(Cl)cc1Nc1ccc(C)c(N)c1. The highest BCUT2D eigenvalue weighted by Crippen LogP contribution is 2.31. The summed E-state index contributed by atoms with van der Waals surface area (Å²) >= 11 is 5.98. The average molecular weight is 263 g/mol.